The van der Waals surface area contributed by atoms with E-state index in [1.54, 1.807) is 0 Å². The minimum atomic E-state index is -1.84. The summed E-state index contributed by atoms with van der Waals surface area (Å²) >= 11 is 0. The molecule has 4 heteroatoms. The lowest BCUT2D eigenvalue weighted by Gasteiger charge is -2.62. The van der Waals surface area contributed by atoms with Gasteiger partial charge in [-0.25, -0.2) is 0 Å². The van der Waals surface area contributed by atoms with Gasteiger partial charge in [0.25, 0.3) is 0 Å². The molecule has 0 radical (unpaired) electrons. The summed E-state index contributed by atoms with van der Waals surface area (Å²) in [7, 11) is -1.84. The van der Waals surface area contributed by atoms with Crippen LogP contribution in [0.1, 0.15) is 54.4 Å². The van der Waals surface area contributed by atoms with Gasteiger partial charge in [-0.05, 0) is 30.0 Å². The van der Waals surface area contributed by atoms with E-state index in [2.05, 4.69) is 40.8 Å². The van der Waals surface area contributed by atoms with E-state index >= 15 is 0 Å². The molecular weight excluding hydrogens is 280 g/mol. The van der Waals surface area contributed by atoms with Crippen LogP contribution in [0, 0.1) is 16.7 Å². The standard InChI is InChI=1S/C17H30O3Si/c1-15(2,3)21(7,8)20-12-10-17(6)9-11(18)14(19)16(4,5)13(12)17/h12-13H,9-10H2,1-8H3. The highest BCUT2D eigenvalue weighted by Crippen LogP contribution is 2.62. The average Bonchev–Trinajstić information content (AvgIpc) is 2.22. The Labute approximate surface area is 130 Å². The maximum Gasteiger partial charge on any atom is 0.204 e. The third-order valence-electron chi connectivity index (χ3n) is 6.22. The maximum atomic E-state index is 12.3. The summed E-state index contributed by atoms with van der Waals surface area (Å²) in [5.74, 6) is -0.220. The molecule has 2 rings (SSSR count). The van der Waals surface area contributed by atoms with Gasteiger partial charge in [-0.15, -0.1) is 0 Å². The first kappa shape index (κ1) is 16.9. The molecular formula is C17H30O3Si. The molecule has 0 aromatic rings. The molecule has 0 aromatic heterocycles. The van der Waals surface area contributed by atoms with Gasteiger partial charge in [-0.2, -0.15) is 0 Å². The lowest BCUT2D eigenvalue weighted by atomic mass is 9.45. The van der Waals surface area contributed by atoms with Crippen LogP contribution in [-0.2, 0) is 14.0 Å². The van der Waals surface area contributed by atoms with Crippen LogP contribution in [0.2, 0.25) is 18.1 Å². The van der Waals surface area contributed by atoms with Crippen molar-refractivity contribution in [1.29, 1.82) is 0 Å². The summed E-state index contributed by atoms with van der Waals surface area (Å²) < 4.78 is 6.57. The van der Waals surface area contributed by atoms with Gasteiger partial charge < -0.3 is 4.43 Å². The number of fused-ring (bicyclic) bond motifs is 1. The van der Waals surface area contributed by atoms with Gasteiger partial charge >= 0.3 is 0 Å². The molecule has 2 saturated carbocycles. The van der Waals surface area contributed by atoms with Crippen molar-refractivity contribution in [2.45, 2.75) is 78.6 Å². The molecule has 0 aromatic carbocycles. The van der Waals surface area contributed by atoms with Crippen LogP contribution in [0.5, 0.6) is 0 Å². The normalized spacial score (nSPS) is 36.2. The zero-order valence-corrected chi connectivity index (χ0v) is 15.8. The molecule has 0 amide bonds. The smallest absolute Gasteiger partial charge is 0.204 e. The molecule has 120 valence electrons. The largest absolute Gasteiger partial charge is 0.414 e. The first-order chi connectivity index (χ1) is 9.22. The molecule has 21 heavy (non-hydrogen) atoms. The Morgan fingerprint density at radius 2 is 1.67 bits per heavy atom. The van der Waals surface area contributed by atoms with E-state index in [0.29, 0.717) is 6.42 Å². The predicted molar refractivity (Wildman–Crippen MR) is 86.7 cm³/mol. The highest BCUT2D eigenvalue weighted by Gasteiger charge is 2.65. The fourth-order valence-electron chi connectivity index (χ4n) is 4.12. The number of ketones is 2. The van der Waals surface area contributed by atoms with E-state index in [1.165, 1.54) is 0 Å². The van der Waals surface area contributed by atoms with Crippen molar-refractivity contribution in [2.75, 3.05) is 0 Å². The fourth-order valence-corrected chi connectivity index (χ4v) is 5.45. The van der Waals surface area contributed by atoms with Crippen LogP contribution in [0.15, 0.2) is 0 Å². The second-order valence-corrected chi connectivity index (χ2v) is 14.2. The Hall–Kier alpha value is -0.483. The summed E-state index contributed by atoms with van der Waals surface area (Å²) in [4.78, 5) is 24.3. The molecule has 0 aliphatic heterocycles. The molecule has 2 aliphatic carbocycles. The molecule has 2 fully saturated rings. The summed E-state index contributed by atoms with van der Waals surface area (Å²) in [5.41, 5.74) is -0.642. The molecule has 2 aliphatic rings. The highest BCUT2D eigenvalue weighted by molar-refractivity contribution is 6.74. The van der Waals surface area contributed by atoms with Crippen LogP contribution < -0.4 is 0 Å². The summed E-state index contributed by atoms with van der Waals surface area (Å²) in [6.07, 6.45) is 1.44. The third kappa shape index (κ3) is 2.44. The van der Waals surface area contributed by atoms with Crippen LogP contribution in [0.4, 0.5) is 0 Å². The third-order valence-corrected chi connectivity index (χ3v) is 10.7. The molecule has 3 unspecified atom stereocenters. The monoisotopic (exact) mass is 310 g/mol. The van der Waals surface area contributed by atoms with Crippen molar-refractivity contribution in [2.24, 2.45) is 16.7 Å². The second-order valence-electron chi connectivity index (χ2n) is 9.40. The minimum absolute atomic E-state index is 0.0540. The zero-order valence-electron chi connectivity index (χ0n) is 14.8. The lowest BCUT2D eigenvalue weighted by molar-refractivity contribution is -0.184. The average molecular weight is 311 g/mol. The minimum Gasteiger partial charge on any atom is -0.414 e. The van der Waals surface area contributed by atoms with E-state index in [-0.39, 0.29) is 34.0 Å². The number of hydrogen-bond donors (Lipinski definition) is 0. The fraction of sp³-hybridized carbons (Fsp3) is 0.882. The van der Waals surface area contributed by atoms with Gasteiger partial charge in [0.15, 0.2) is 14.1 Å². The molecule has 0 N–H and O–H groups in total. The lowest BCUT2D eigenvalue weighted by Crippen LogP contribution is -2.66. The van der Waals surface area contributed by atoms with Crippen LogP contribution >= 0.6 is 0 Å². The highest BCUT2D eigenvalue weighted by atomic mass is 28.4. The van der Waals surface area contributed by atoms with Gasteiger partial charge in [-0.3, -0.25) is 9.59 Å². The molecule has 3 atom stereocenters. The SMILES string of the molecule is CC12CC(=O)C(=O)C(C)(C)C1C(O[Si](C)(C)C(C)(C)C)C2. The summed E-state index contributed by atoms with van der Waals surface area (Å²) in [6, 6.07) is 0. The number of carbonyl (C=O) groups is 2. The summed E-state index contributed by atoms with van der Waals surface area (Å²) in [5, 5.41) is 0.164. The van der Waals surface area contributed by atoms with Crippen LogP contribution in [0.25, 0.3) is 0 Å². The Kier molecular flexibility index (Phi) is 3.63. The summed E-state index contributed by atoms with van der Waals surface area (Å²) in [6.45, 7) is 17.2. The zero-order chi connectivity index (χ0) is 16.4. The van der Waals surface area contributed by atoms with Crippen molar-refractivity contribution in [3.63, 3.8) is 0 Å². The Bertz CT molecular complexity index is 487. The van der Waals surface area contributed by atoms with Crippen molar-refractivity contribution in [3.05, 3.63) is 0 Å². The van der Waals surface area contributed by atoms with Crippen LogP contribution in [0.3, 0.4) is 0 Å². The first-order valence-corrected chi connectivity index (χ1v) is 10.9. The Morgan fingerprint density at radius 3 is 2.14 bits per heavy atom. The first-order valence-electron chi connectivity index (χ1n) is 7.98. The molecule has 0 bridgehead atoms. The van der Waals surface area contributed by atoms with Gasteiger partial charge in [0.05, 0.1) is 0 Å². The van der Waals surface area contributed by atoms with Crippen molar-refractivity contribution < 1.29 is 14.0 Å². The van der Waals surface area contributed by atoms with E-state index in [9.17, 15) is 9.59 Å². The number of carbonyl (C=O) groups excluding carboxylic acids is 2. The van der Waals surface area contributed by atoms with Gasteiger partial charge in [0.1, 0.15) is 0 Å². The molecule has 0 spiro atoms. The van der Waals surface area contributed by atoms with Gasteiger partial charge in [0.2, 0.25) is 5.78 Å². The van der Waals surface area contributed by atoms with Gasteiger partial charge in [-0.1, -0.05) is 41.5 Å². The maximum absolute atomic E-state index is 12.3. The topological polar surface area (TPSA) is 43.4 Å². The molecule has 0 heterocycles. The Morgan fingerprint density at radius 1 is 1.14 bits per heavy atom. The number of hydrogen-bond acceptors (Lipinski definition) is 3. The van der Waals surface area contributed by atoms with E-state index < -0.39 is 13.7 Å². The van der Waals surface area contributed by atoms with E-state index in [4.69, 9.17) is 4.43 Å². The van der Waals surface area contributed by atoms with Crippen molar-refractivity contribution >= 4 is 19.9 Å². The van der Waals surface area contributed by atoms with Crippen molar-refractivity contribution in [3.8, 4) is 0 Å². The second kappa shape index (κ2) is 4.51. The Balaban J connectivity index is 2.25. The van der Waals surface area contributed by atoms with E-state index in [0.717, 1.165) is 6.42 Å². The van der Waals surface area contributed by atoms with E-state index in [1.807, 2.05) is 13.8 Å². The predicted octanol–water partition coefficient (Wildman–Crippen LogP) is 3.97. The number of Topliss-reactive ketones (excluding diaryl/α,β-unsaturated/α-hetero) is 2. The molecule has 3 nitrogen and oxygen atoms in total. The number of rotatable bonds is 2. The quantitative estimate of drug-likeness (QED) is 0.572. The van der Waals surface area contributed by atoms with Crippen LogP contribution in [-0.4, -0.2) is 26.0 Å². The van der Waals surface area contributed by atoms with Gasteiger partial charge in [0, 0.05) is 23.9 Å². The molecule has 0 saturated heterocycles. The van der Waals surface area contributed by atoms with Crippen molar-refractivity contribution in [1.82, 2.24) is 0 Å².